The van der Waals surface area contributed by atoms with Crippen LogP contribution >= 0.6 is 0 Å². The van der Waals surface area contributed by atoms with Crippen LogP contribution in [0, 0.1) is 0 Å². The summed E-state index contributed by atoms with van der Waals surface area (Å²) in [6.07, 6.45) is 14.8. The van der Waals surface area contributed by atoms with Crippen molar-refractivity contribution < 1.29 is 0 Å². The van der Waals surface area contributed by atoms with E-state index in [1.807, 2.05) is 49.1 Å². The fourth-order valence-electron chi connectivity index (χ4n) is 4.39. The molecule has 4 heterocycles. The fourth-order valence-corrected chi connectivity index (χ4v) is 4.39. The van der Waals surface area contributed by atoms with E-state index in [1.54, 1.807) is 24.8 Å². The highest BCUT2D eigenvalue weighted by Crippen LogP contribution is 2.40. The van der Waals surface area contributed by atoms with E-state index in [4.69, 9.17) is 0 Å². The van der Waals surface area contributed by atoms with Crippen LogP contribution in [0.25, 0.3) is 55.3 Å². The molecular formula is C30H20N4. The van der Waals surface area contributed by atoms with Crippen LogP contribution in [0.4, 0.5) is 0 Å². The molecule has 0 saturated heterocycles. The summed E-state index contributed by atoms with van der Waals surface area (Å²) < 4.78 is 0. The lowest BCUT2D eigenvalue weighted by atomic mass is 9.88. The smallest absolute Gasteiger partial charge is 0.0346 e. The van der Waals surface area contributed by atoms with Crippen molar-refractivity contribution in [2.75, 3.05) is 0 Å². The Bertz CT molecular complexity index is 1330. The summed E-state index contributed by atoms with van der Waals surface area (Å²) in [5.74, 6) is 0. The third-order valence-electron chi connectivity index (χ3n) is 6.00. The minimum absolute atomic E-state index is 1.07. The van der Waals surface area contributed by atoms with Gasteiger partial charge in [0.25, 0.3) is 0 Å². The van der Waals surface area contributed by atoms with Gasteiger partial charge in [-0.25, -0.2) is 0 Å². The third kappa shape index (κ3) is 3.71. The van der Waals surface area contributed by atoms with E-state index in [-0.39, 0.29) is 0 Å². The molecule has 4 heteroatoms. The van der Waals surface area contributed by atoms with Gasteiger partial charge >= 0.3 is 0 Å². The Hall–Kier alpha value is -4.70. The molecular weight excluding hydrogens is 416 g/mol. The highest BCUT2D eigenvalue weighted by Gasteiger charge is 2.14. The van der Waals surface area contributed by atoms with Gasteiger partial charge < -0.3 is 0 Å². The lowest BCUT2D eigenvalue weighted by Gasteiger charge is -2.16. The Morgan fingerprint density at radius 2 is 0.618 bits per heavy atom. The predicted molar refractivity (Wildman–Crippen MR) is 137 cm³/mol. The van der Waals surface area contributed by atoms with Gasteiger partial charge in [0.2, 0.25) is 0 Å². The molecule has 6 rings (SSSR count). The first-order valence-corrected chi connectivity index (χ1v) is 11.1. The van der Waals surface area contributed by atoms with Crippen LogP contribution < -0.4 is 0 Å². The first kappa shape index (κ1) is 19.9. The van der Waals surface area contributed by atoms with Gasteiger partial charge in [0, 0.05) is 71.8 Å². The number of hydrogen-bond donors (Lipinski definition) is 0. The average Bonchev–Trinajstić information content (AvgIpc) is 2.93. The second-order valence-corrected chi connectivity index (χ2v) is 8.11. The molecule has 6 aromatic rings. The Morgan fingerprint density at radius 3 is 0.824 bits per heavy atom. The zero-order valence-electron chi connectivity index (χ0n) is 18.3. The molecule has 0 radical (unpaired) electrons. The van der Waals surface area contributed by atoms with Gasteiger partial charge in [-0.05, 0) is 81.6 Å². The van der Waals surface area contributed by atoms with Crippen LogP contribution in [0.1, 0.15) is 0 Å². The number of nitrogens with zero attached hydrogens (tertiary/aromatic N) is 4. The first-order valence-electron chi connectivity index (χ1n) is 11.1. The Labute approximate surface area is 197 Å². The summed E-state index contributed by atoms with van der Waals surface area (Å²) in [5.41, 5.74) is 8.79. The summed E-state index contributed by atoms with van der Waals surface area (Å²) >= 11 is 0. The van der Waals surface area contributed by atoms with Gasteiger partial charge in [-0.15, -0.1) is 0 Å². The maximum Gasteiger partial charge on any atom is 0.0346 e. The fraction of sp³-hybridized carbons (Fsp3) is 0. The van der Waals surface area contributed by atoms with Crippen LogP contribution in [0.3, 0.4) is 0 Å². The van der Waals surface area contributed by atoms with E-state index in [9.17, 15) is 0 Å². The van der Waals surface area contributed by atoms with Crippen molar-refractivity contribution >= 4 is 10.8 Å². The molecule has 0 fully saturated rings. The molecule has 4 nitrogen and oxygen atoms in total. The molecule has 160 valence electrons. The molecule has 0 amide bonds. The minimum atomic E-state index is 1.07. The maximum atomic E-state index is 4.36. The zero-order valence-corrected chi connectivity index (χ0v) is 18.3. The Morgan fingerprint density at radius 1 is 0.353 bits per heavy atom. The molecule has 0 bridgehead atoms. The SMILES string of the molecule is c1cncc(-c2cc3cc(-c4cccnc4)c(-c4cccnc4)cc3cc2-c2cccnc2)c1. The lowest BCUT2D eigenvalue weighted by molar-refractivity contribution is 1.32. The van der Waals surface area contributed by atoms with Gasteiger partial charge in [-0.1, -0.05) is 24.3 Å². The van der Waals surface area contributed by atoms with E-state index in [1.165, 1.54) is 0 Å². The molecule has 0 unspecified atom stereocenters. The number of hydrogen-bond acceptors (Lipinski definition) is 4. The van der Waals surface area contributed by atoms with Crippen molar-refractivity contribution in [1.29, 1.82) is 0 Å². The van der Waals surface area contributed by atoms with Gasteiger partial charge in [0.05, 0.1) is 0 Å². The average molecular weight is 437 g/mol. The zero-order chi connectivity index (χ0) is 22.7. The second-order valence-electron chi connectivity index (χ2n) is 8.11. The topological polar surface area (TPSA) is 51.6 Å². The molecule has 2 aromatic carbocycles. The molecule has 0 aliphatic carbocycles. The van der Waals surface area contributed by atoms with E-state index in [0.717, 1.165) is 55.3 Å². The number of rotatable bonds is 4. The molecule has 34 heavy (non-hydrogen) atoms. The van der Waals surface area contributed by atoms with E-state index in [0.29, 0.717) is 0 Å². The third-order valence-corrected chi connectivity index (χ3v) is 6.00. The van der Waals surface area contributed by atoms with Crippen molar-refractivity contribution in [2.45, 2.75) is 0 Å². The number of fused-ring (bicyclic) bond motifs is 1. The summed E-state index contributed by atoms with van der Waals surface area (Å²) in [5, 5.41) is 2.30. The molecule has 0 atom stereocenters. The molecule has 4 aromatic heterocycles. The summed E-state index contributed by atoms with van der Waals surface area (Å²) in [7, 11) is 0. The van der Waals surface area contributed by atoms with Crippen molar-refractivity contribution in [3.05, 3.63) is 122 Å². The number of benzene rings is 2. The molecule has 0 saturated carbocycles. The van der Waals surface area contributed by atoms with E-state index in [2.05, 4.69) is 68.5 Å². The predicted octanol–water partition coefficient (Wildman–Crippen LogP) is 7.09. The first-order chi connectivity index (χ1) is 16.9. The van der Waals surface area contributed by atoms with Crippen LogP contribution in [-0.4, -0.2) is 19.9 Å². The summed E-state index contributed by atoms with van der Waals surface area (Å²) in [6.45, 7) is 0. The Kier molecular flexibility index (Phi) is 5.09. The van der Waals surface area contributed by atoms with Crippen LogP contribution in [0.5, 0.6) is 0 Å². The number of aromatic nitrogens is 4. The van der Waals surface area contributed by atoms with Crippen LogP contribution in [-0.2, 0) is 0 Å². The summed E-state index contributed by atoms with van der Waals surface area (Å²) in [4.78, 5) is 17.5. The van der Waals surface area contributed by atoms with Gasteiger partial charge in [0.1, 0.15) is 0 Å². The van der Waals surface area contributed by atoms with Gasteiger partial charge in [-0.3, -0.25) is 19.9 Å². The second kappa shape index (κ2) is 8.68. The molecule has 0 aliphatic heterocycles. The molecule has 0 N–H and O–H groups in total. The molecule has 0 spiro atoms. The normalized spacial score (nSPS) is 10.9. The highest BCUT2D eigenvalue weighted by molar-refractivity contribution is 6.01. The number of pyridine rings is 4. The van der Waals surface area contributed by atoms with Crippen molar-refractivity contribution in [3.63, 3.8) is 0 Å². The van der Waals surface area contributed by atoms with E-state index >= 15 is 0 Å². The van der Waals surface area contributed by atoms with Crippen molar-refractivity contribution in [3.8, 4) is 44.5 Å². The Balaban J connectivity index is 1.67. The summed E-state index contributed by atoms with van der Waals surface area (Å²) in [6, 6.07) is 25.3. The van der Waals surface area contributed by atoms with Crippen LogP contribution in [0.2, 0.25) is 0 Å². The highest BCUT2D eigenvalue weighted by atomic mass is 14.6. The van der Waals surface area contributed by atoms with E-state index < -0.39 is 0 Å². The monoisotopic (exact) mass is 436 g/mol. The van der Waals surface area contributed by atoms with Gasteiger partial charge in [-0.2, -0.15) is 0 Å². The maximum absolute atomic E-state index is 4.36. The largest absolute Gasteiger partial charge is 0.264 e. The van der Waals surface area contributed by atoms with Crippen LogP contribution in [0.15, 0.2) is 122 Å². The minimum Gasteiger partial charge on any atom is -0.264 e. The quantitative estimate of drug-likeness (QED) is 0.296. The molecule has 0 aliphatic rings. The van der Waals surface area contributed by atoms with Crippen molar-refractivity contribution in [1.82, 2.24) is 19.9 Å². The standard InChI is InChI=1S/C30H20N4/c1-5-21(17-31-9-1)27-13-25-15-29(23-7-3-11-33-19-23)30(24-8-4-12-34-20-24)16-26(25)14-28(27)22-6-2-10-32-18-22/h1-20H. The lowest BCUT2D eigenvalue weighted by Crippen LogP contribution is -1.91. The van der Waals surface area contributed by atoms with Gasteiger partial charge in [0.15, 0.2) is 0 Å². The van der Waals surface area contributed by atoms with Crippen molar-refractivity contribution in [2.24, 2.45) is 0 Å².